The number of rotatable bonds is 3. The lowest BCUT2D eigenvalue weighted by Gasteiger charge is -2.35. The van der Waals surface area contributed by atoms with Crippen molar-refractivity contribution in [2.45, 2.75) is 12.7 Å². The summed E-state index contributed by atoms with van der Waals surface area (Å²) in [6, 6.07) is 8.80. The van der Waals surface area contributed by atoms with Crippen molar-refractivity contribution in [2.75, 3.05) is 31.1 Å². The molecule has 0 amide bonds. The molecule has 4 rings (SSSR count). The predicted octanol–water partition coefficient (Wildman–Crippen LogP) is 4.02. The molecule has 0 spiro atoms. The van der Waals surface area contributed by atoms with Crippen molar-refractivity contribution < 1.29 is 13.2 Å². The van der Waals surface area contributed by atoms with Crippen molar-refractivity contribution in [3.8, 4) is 0 Å². The Morgan fingerprint density at radius 3 is 2.46 bits per heavy atom. The van der Waals surface area contributed by atoms with Gasteiger partial charge in [0, 0.05) is 44.3 Å². The third-order valence-corrected chi connectivity index (χ3v) is 5.14. The highest BCUT2D eigenvalue weighted by Gasteiger charge is 2.31. The van der Waals surface area contributed by atoms with Crippen LogP contribution in [0, 0.1) is 0 Å². The second kappa shape index (κ2) is 7.52. The Kier molecular flexibility index (Phi) is 5.07. The van der Waals surface area contributed by atoms with E-state index >= 15 is 0 Å². The minimum atomic E-state index is -4.44. The number of aromatic nitrogens is 3. The zero-order valence-electron chi connectivity index (χ0n) is 14.8. The first-order valence-electron chi connectivity index (χ1n) is 8.80. The number of fused-ring (bicyclic) bond motifs is 1. The van der Waals surface area contributed by atoms with Gasteiger partial charge >= 0.3 is 6.18 Å². The third-order valence-electron chi connectivity index (χ3n) is 4.81. The van der Waals surface area contributed by atoms with Gasteiger partial charge in [0.2, 0.25) is 0 Å². The van der Waals surface area contributed by atoms with E-state index in [0.29, 0.717) is 12.2 Å². The molecule has 9 heteroatoms. The molecule has 0 atom stereocenters. The van der Waals surface area contributed by atoms with Crippen molar-refractivity contribution >= 4 is 28.3 Å². The van der Waals surface area contributed by atoms with Crippen molar-refractivity contribution in [3.05, 3.63) is 59.1 Å². The zero-order chi connectivity index (χ0) is 19.7. The van der Waals surface area contributed by atoms with Crippen LogP contribution in [0.2, 0.25) is 5.02 Å². The molecule has 3 heterocycles. The molecule has 146 valence electrons. The molecule has 0 N–H and O–H groups in total. The summed E-state index contributed by atoms with van der Waals surface area (Å²) in [4.78, 5) is 17.0. The lowest BCUT2D eigenvalue weighted by Crippen LogP contribution is -2.46. The van der Waals surface area contributed by atoms with E-state index in [0.717, 1.165) is 55.2 Å². The Morgan fingerprint density at radius 2 is 1.75 bits per heavy atom. The molecular formula is C19H17ClF3N5. The first kappa shape index (κ1) is 18.9. The standard InChI is InChI=1S/C19H17ClF3N5/c20-15-9-13(19(21,22)23)10-24-17(15)11-27-5-7-28(8-6-27)18-14-3-1-2-4-16(14)25-12-26-18/h1-4,9-10,12H,5-8,11H2. The molecule has 1 aliphatic heterocycles. The monoisotopic (exact) mass is 407 g/mol. The van der Waals surface area contributed by atoms with Crippen LogP contribution in [0.3, 0.4) is 0 Å². The molecule has 1 aliphatic rings. The van der Waals surface area contributed by atoms with Crippen LogP contribution < -0.4 is 4.90 Å². The lowest BCUT2D eigenvalue weighted by atomic mass is 10.2. The summed E-state index contributed by atoms with van der Waals surface area (Å²) in [7, 11) is 0. The van der Waals surface area contributed by atoms with Gasteiger partial charge in [-0.15, -0.1) is 0 Å². The molecule has 0 saturated carbocycles. The summed E-state index contributed by atoms with van der Waals surface area (Å²) >= 11 is 6.03. The number of para-hydroxylation sites is 1. The first-order valence-corrected chi connectivity index (χ1v) is 9.18. The van der Waals surface area contributed by atoms with Crippen LogP contribution in [0.1, 0.15) is 11.3 Å². The fraction of sp³-hybridized carbons (Fsp3) is 0.316. The normalized spacial score (nSPS) is 15.9. The number of alkyl halides is 3. The van der Waals surface area contributed by atoms with Gasteiger partial charge in [-0.05, 0) is 18.2 Å². The summed E-state index contributed by atoms with van der Waals surface area (Å²) < 4.78 is 38.2. The lowest BCUT2D eigenvalue weighted by molar-refractivity contribution is -0.137. The Balaban J connectivity index is 1.43. The van der Waals surface area contributed by atoms with Gasteiger partial charge in [-0.25, -0.2) is 9.97 Å². The van der Waals surface area contributed by atoms with Gasteiger partial charge in [0.25, 0.3) is 0 Å². The number of anilines is 1. The Bertz CT molecular complexity index is 981. The predicted molar refractivity (Wildman–Crippen MR) is 101 cm³/mol. The van der Waals surface area contributed by atoms with Gasteiger partial charge in [0.1, 0.15) is 12.1 Å². The van der Waals surface area contributed by atoms with Gasteiger partial charge in [-0.2, -0.15) is 13.2 Å². The Labute approximate surface area is 164 Å². The maximum Gasteiger partial charge on any atom is 0.417 e. The van der Waals surface area contributed by atoms with Crippen LogP contribution >= 0.6 is 11.6 Å². The van der Waals surface area contributed by atoms with E-state index in [1.165, 1.54) is 0 Å². The van der Waals surface area contributed by atoms with E-state index in [-0.39, 0.29) is 5.02 Å². The fourth-order valence-electron chi connectivity index (χ4n) is 3.31. The smallest absolute Gasteiger partial charge is 0.353 e. The van der Waals surface area contributed by atoms with Gasteiger partial charge in [0.05, 0.1) is 21.8 Å². The molecule has 0 aliphatic carbocycles. The van der Waals surface area contributed by atoms with Gasteiger partial charge in [0.15, 0.2) is 0 Å². The molecule has 0 bridgehead atoms. The minimum absolute atomic E-state index is 0.0408. The topological polar surface area (TPSA) is 45.2 Å². The maximum atomic E-state index is 12.7. The Morgan fingerprint density at radius 1 is 1.00 bits per heavy atom. The highest BCUT2D eigenvalue weighted by atomic mass is 35.5. The number of benzene rings is 1. The van der Waals surface area contributed by atoms with Crippen LogP contribution in [-0.4, -0.2) is 46.0 Å². The van der Waals surface area contributed by atoms with Gasteiger partial charge < -0.3 is 4.90 Å². The molecule has 1 saturated heterocycles. The van der Waals surface area contributed by atoms with E-state index < -0.39 is 11.7 Å². The summed E-state index contributed by atoms with van der Waals surface area (Å²) in [6.45, 7) is 3.38. The van der Waals surface area contributed by atoms with Crippen LogP contribution in [0.25, 0.3) is 10.9 Å². The molecule has 5 nitrogen and oxygen atoms in total. The zero-order valence-corrected chi connectivity index (χ0v) is 15.6. The SMILES string of the molecule is FC(F)(F)c1cnc(CN2CCN(c3ncnc4ccccc34)CC2)c(Cl)c1. The van der Waals surface area contributed by atoms with Gasteiger partial charge in [-0.1, -0.05) is 23.7 Å². The van der Waals surface area contributed by atoms with E-state index in [1.807, 2.05) is 24.3 Å². The molecule has 1 aromatic carbocycles. The molecular weight excluding hydrogens is 391 g/mol. The van der Waals surface area contributed by atoms with E-state index in [4.69, 9.17) is 11.6 Å². The summed E-state index contributed by atoms with van der Waals surface area (Å²) in [5, 5.41) is 1.05. The summed E-state index contributed by atoms with van der Waals surface area (Å²) in [5.74, 6) is 0.899. The summed E-state index contributed by atoms with van der Waals surface area (Å²) in [5.41, 5.74) is 0.521. The number of hydrogen-bond donors (Lipinski definition) is 0. The van der Waals surface area contributed by atoms with Crippen LogP contribution in [0.5, 0.6) is 0 Å². The highest BCUT2D eigenvalue weighted by molar-refractivity contribution is 6.31. The number of pyridine rings is 1. The van der Waals surface area contributed by atoms with E-state index in [2.05, 4.69) is 24.8 Å². The van der Waals surface area contributed by atoms with Crippen LogP contribution in [-0.2, 0) is 12.7 Å². The first-order chi connectivity index (χ1) is 13.4. The van der Waals surface area contributed by atoms with Gasteiger partial charge in [-0.3, -0.25) is 9.88 Å². The second-order valence-electron chi connectivity index (χ2n) is 6.63. The highest BCUT2D eigenvalue weighted by Crippen LogP contribution is 2.31. The van der Waals surface area contributed by atoms with Crippen molar-refractivity contribution in [3.63, 3.8) is 0 Å². The molecule has 0 unspecified atom stereocenters. The van der Waals surface area contributed by atoms with Crippen molar-refractivity contribution in [1.82, 2.24) is 19.9 Å². The molecule has 0 radical (unpaired) electrons. The maximum absolute atomic E-state index is 12.7. The number of halogens is 4. The average Bonchev–Trinajstić information content (AvgIpc) is 2.69. The molecule has 2 aromatic heterocycles. The van der Waals surface area contributed by atoms with Crippen LogP contribution in [0.4, 0.5) is 19.0 Å². The fourth-order valence-corrected chi connectivity index (χ4v) is 3.54. The summed E-state index contributed by atoms with van der Waals surface area (Å²) in [6.07, 6.45) is -2.04. The number of piperazine rings is 1. The number of hydrogen-bond acceptors (Lipinski definition) is 5. The third kappa shape index (κ3) is 3.88. The second-order valence-corrected chi connectivity index (χ2v) is 7.04. The van der Waals surface area contributed by atoms with E-state index in [9.17, 15) is 13.2 Å². The number of nitrogens with zero attached hydrogens (tertiary/aromatic N) is 5. The van der Waals surface area contributed by atoms with Crippen LogP contribution in [0.15, 0.2) is 42.9 Å². The van der Waals surface area contributed by atoms with Crippen molar-refractivity contribution in [1.29, 1.82) is 0 Å². The largest absolute Gasteiger partial charge is 0.417 e. The average molecular weight is 408 g/mol. The van der Waals surface area contributed by atoms with Crippen molar-refractivity contribution in [2.24, 2.45) is 0 Å². The molecule has 28 heavy (non-hydrogen) atoms. The Hall–Kier alpha value is -2.45. The quantitative estimate of drug-likeness (QED) is 0.656. The minimum Gasteiger partial charge on any atom is -0.353 e. The molecule has 1 fully saturated rings. The molecule has 3 aromatic rings. The van der Waals surface area contributed by atoms with E-state index in [1.54, 1.807) is 6.33 Å².